The molecule has 0 saturated heterocycles. The van der Waals surface area contributed by atoms with E-state index >= 15 is 0 Å². The largest absolute Gasteiger partial charge is 0.494 e. The molecular weight excluding hydrogens is 272 g/mol. The van der Waals surface area contributed by atoms with Crippen LogP contribution in [-0.4, -0.2) is 17.7 Å². The van der Waals surface area contributed by atoms with E-state index in [0.717, 1.165) is 0 Å². The van der Waals surface area contributed by atoms with Crippen molar-refractivity contribution in [3.8, 4) is 6.07 Å². The number of furan rings is 1. The van der Waals surface area contributed by atoms with Crippen LogP contribution < -0.4 is 5.32 Å². The van der Waals surface area contributed by atoms with Gasteiger partial charge in [0.2, 0.25) is 5.88 Å². The normalized spacial score (nSPS) is 18.0. The second-order valence-corrected chi connectivity index (χ2v) is 4.37. The predicted molar refractivity (Wildman–Crippen MR) is 73.7 cm³/mol. The van der Waals surface area contributed by atoms with Gasteiger partial charge in [0.15, 0.2) is 0 Å². The maximum absolute atomic E-state index is 12.2. The summed E-state index contributed by atoms with van der Waals surface area (Å²) < 4.78 is 10.3. The summed E-state index contributed by atoms with van der Waals surface area (Å²) in [6, 6.07) is 5.18. The number of nitrogens with one attached hydrogen (secondary N) is 1. The van der Waals surface area contributed by atoms with Crippen molar-refractivity contribution in [2.24, 2.45) is 0 Å². The van der Waals surface area contributed by atoms with Crippen LogP contribution in [0, 0.1) is 11.3 Å². The number of esters is 1. The molecule has 1 atom stereocenters. The molecule has 6 heteroatoms. The summed E-state index contributed by atoms with van der Waals surface area (Å²) in [5, 5.41) is 21.7. The SMILES string of the molecule is C=CCOC(=O)C1=C(C)NC(O)=C(C#N)[C@@H]1c1ccco1. The third-order valence-electron chi connectivity index (χ3n) is 3.04. The van der Waals surface area contributed by atoms with Gasteiger partial charge in [0.05, 0.1) is 17.8 Å². The lowest BCUT2D eigenvalue weighted by Crippen LogP contribution is -2.29. The standard InChI is InChI=1S/C15H14N2O4/c1-3-6-21-15(19)12-9(2)17-14(18)10(8-16)13(12)11-5-4-7-20-11/h3-5,7,13,17-18H,1,6H2,2H3/t13-/m1/s1. The van der Waals surface area contributed by atoms with E-state index < -0.39 is 11.9 Å². The molecule has 0 unspecified atom stereocenters. The fourth-order valence-electron chi connectivity index (χ4n) is 2.15. The second-order valence-electron chi connectivity index (χ2n) is 4.37. The summed E-state index contributed by atoms with van der Waals surface area (Å²) in [5.74, 6) is -1.31. The number of aliphatic hydroxyl groups excluding tert-OH is 1. The lowest BCUT2D eigenvalue weighted by atomic mass is 9.86. The average Bonchev–Trinajstić information content (AvgIpc) is 2.97. The van der Waals surface area contributed by atoms with Gasteiger partial charge >= 0.3 is 5.97 Å². The van der Waals surface area contributed by atoms with E-state index in [0.29, 0.717) is 11.5 Å². The third kappa shape index (κ3) is 2.67. The van der Waals surface area contributed by atoms with E-state index in [1.54, 1.807) is 19.1 Å². The maximum Gasteiger partial charge on any atom is 0.337 e. The molecule has 0 saturated carbocycles. The van der Waals surface area contributed by atoms with Gasteiger partial charge in [-0.05, 0) is 19.1 Å². The Kier molecular flexibility index (Phi) is 4.14. The number of allylic oxidation sites excluding steroid dienone is 2. The highest BCUT2D eigenvalue weighted by Crippen LogP contribution is 2.37. The molecule has 21 heavy (non-hydrogen) atoms. The summed E-state index contributed by atoms with van der Waals surface area (Å²) >= 11 is 0. The number of hydrogen-bond donors (Lipinski definition) is 2. The molecule has 0 aromatic carbocycles. The van der Waals surface area contributed by atoms with Crippen molar-refractivity contribution < 1.29 is 19.1 Å². The van der Waals surface area contributed by atoms with Crippen LogP contribution in [0.15, 0.2) is 58.2 Å². The number of dihydropyridines is 1. The van der Waals surface area contributed by atoms with E-state index in [1.165, 1.54) is 12.3 Å². The Morgan fingerprint density at radius 2 is 2.48 bits per heavy atom. The summed E-state index contributed by atoms with van der Waals surface area (Å²) in [6.07, 6.45) is 2.88. The molecule has 0 fully saturated rings. The molecular formula is C15H14N2O4. The number of carbonyl (C=O) groups excluding carboxylic acids is 1. The highest BCUT2D eigenvalue weighted by molar-refractivity contribution is 5.92. The minimum atomic E-state index is -0.802. The van der Waals surface area contributed by atoms with E-state index in [2.05, 4.69) is 11.9 Å². The van der Waals surface area contributed by atoms with Crippen LogP contribution >= 0.6 is 0 Å². The van der Waals surface area contributed by atoms with Crippen LogP contribution in [0.3, 0.4) is 0 Å². The van der Waals surface area contributed by atoms with Gasteiger partial charge in [0, 0.05) is 5.70 Å². The first-order chi connectivity index (χ1) is 10.1. The van der Waals surface area contributed by atoms with Crippen LogP contribution in [0.25, 0.3) is 0 Å². The lowest BCUT2D eigenvalue weighted by molar-refractivity contribution is -0.138. The minimum Gasteiger partial charge on any atom is -0.494 e. The van der Waals surface area contributed by atoms with Crippen molar-refractivity contribution in [1.82, 2.24) is 5.32 Å². The number of hydrogen-bond acceptors (Lipinski definition) is 6. The zero-order valence-electron chi connectivity index (χ0n) is 11.4. The van der Waals surface area contributed by atoms with E-state index in [4.69, 9.17) is 9.15 Å². The summed E-state index contributed by atoms with van der Waals surface area (Å²) in [4.78, 5) is 12.2. The van der Waals surface area contributed by atoms with Gasteiger partial charge in [-0.2, -0.15) is 5.26 Å². The highest BCUT2D eigenvalue weighted by Gasteiger charge is 2.37. The minimum absolute atomic E-state index is 0.00102. The monoisotopic (exact) mass is 286 g/mol. The molecule has 0 bridgehead atoms. The van der Waals surface area contributed by atoms with Crippen LogP contribution in [0.5, 0.6) is 0 Å². The van der Waals surface area contributed by atoms with Crippen molar-refractivity contribution >= 4 is 5.97 Å². The molecule has 1 aromatic rings. The van der Waals surface area contributed by atoms with E-state index in [-0.39, 0.29) is 23.6 Å². The summed E-state index contributed by atoms with van der Waals surface area (Å²) in [6.45, 7) is 5.15. The smallest absolute Gasteiger partial charge is 0.337 e. The number of ether oxygens (including phenoxy) is 1. The number of carbonyl (C=O) groups is 1. The molecule has 6 nitrogen and oxygen atoms in total. The van der Waals surface area contributed by atoms with Gasteiger partial charge < -0.3 is 19.6 Å². The molecule has 1 aliphatic rings. The van der Waals surface area contributed by atoms with Crippen molar-refractivity contribution in [3.63, 3.8) is 0 Å². The molecule has 0 radical (unpaired) electrons. The first kappa shape index (κ1) is 14.5. The van der Waals surface area contributed by atoms with Crippen LogP contribution in [-0.2, 0) is 9.53 Å². The molecule has 1 aliphatic heterocycles. The molecule has 2 heterocycles. The Hall–Kier alpha value is -2.94. The molecule has 2 N–H and O–H groups in total. The number of rotatable bonds is 4. The molecule has 0 aliphatic carbocycles. The van der Waals surface area contributed by atoms with Gasteiger partial charge in [0.1, 0.15) is 24.0 Å². The Morgan fingerprint density at radius 3 is 3.05 bits per heavy atom. The Bertz CT molecular complexity index is 662. The topological polar surface area (TPSA) is 95.5 Å². The average molecular weight is 286 g/mol. The lowest BCUT2D eigenvalue weighted by Gasteiger charge is -2.25. The fraction of sp³-hybridized carbons (Fsp3) is 0.200. The quantitative estimate of drug-likeness (QED) is 0.651. The molecule has 2 rings (SSSR count). The van der Waals surface area contributed by atoms with Crippen molar-refractivity contribution in [2.75, 3.05) is 6.61 Å². The zero-order valence-corrected chi connectivity index (χ0v) is 11.4. The molecule has 1 aromatic heterocycles. The first-order valence-electron chi connectivity index (χ1n) is 6.22. The predicted octanol–water partition coefficient (Wildman–Crippen LogP) is 2.26. The Balaban J connectivity index is 2.49. The van der Waals surface area contributed by atoms with Gasteiger partial charge in [-0.25, -0.2) is 4.79 Å². The van der Waals surface area contributed by atoms with Gasteiger partial charge in [-0.1, -0.05) is 12.7 Å². The van der Waals surface area contributed by atoms with Gasteiger partial charge in [-0.3, -0.25) is 0 Å². The van der Waals surface area contributed by atoms with Crippen molar-refractivity contribution in [1.29, 1.82) is 5.26 Å². The van der Waals surface area contributed by atoms with Crippen LogP contribution in [0.4, 0.5) is 0 Å². The second kappa shape index (κ2) is 6.01. The number of nitrogens with zero attached hydrogens (tertiary/aromatic N) is 1. The van der Waals surface area contributed by atoms with Crippen molar-refractivity contribution in [3.05, 3.63) is 59.5 Å². The highest BCUT2D eigenvalue weighted by atomic mass is 16.5. The number of aliphatic hydroxyl groups is 1. The van der Waals surface area contributed by atoms with Gasteiger partial charge in [0.25, 0.3) is 0 Å². The van der Waals surface area contributed by atoms with Crippen LogP contribution in [0.2, 0.25) is 0 Å². The number of nitriles is 1. The fourth-order valence-corrected chi connectivity index (χ4v) is 2.15. The first-order valence-corrected chi connectivity index (χ1v) is 6.22. The van der Waals surface area contributed by atoms with E-state index in [1.807, 2.05) is 6.07 Å². The zero-order chi connectivity index (χ0) is 15.4. The Morgan fingerprint density at radius 1 is 1.71 bits per heavy atom. The van der Waals surface area contributed by atoms with E-state index in [9.17, 15) is 15.2 Å². The molecule has 0 amide bonds. The van der Waals surface area contributed by atoms with Crippen molar-refractivity contribution in [2.45, 2.75) is 12.8 Å². The van der Waals surface area contributed by atoms with Gasteiger partial charge in [-0.15, -0.1) is 0 Å². The maximum atomic E-state index is 12.2. The third-order valence-corrected chi connectivity index (χ3v) is 3.04. The molecule has 0 spiro atoms. The summed E-state index contributed by atoms with van der Waals surface area (Å²) in [5.41, 5.74) is 0.629. The molecule has 108 valence electrons. The Labute approximate surface area is 121 Å². The summed E-state index contributed by atoms with van der Waals surface area (Å²) in [7, 11) is 0. The van der Waals surface area contributed by atoms with Crippen LogP contribution in [0.1, 0.15) is 18.6 Å².